The Hall–Kier alpha value is -0.920. The Balaban J connectivity index is 2.23. The van der Waals surface area contributed by atoms with E-state index in [2.05, 4.69) is 6.58 Å². The van der Waals surface area contributed by atoms with Crippen molar-refractivity contribution in [2.45, 2.75) is 19.3 Å². The van der Waals surface area contributed by atoms with E-state index >= 15 is 0 Å². The molecule has 0 N–H and O–H groups in total. The molecule has 2 heteroatoms. The predicted molar refractivity (Wildman–Crippen MR) is 44.5 cm³/mol. The van der Waals surface area contributed by atoms with Crippen LogP contribution < -0.4 is 0 Å². The Bertz CT molecular complexity index is 255. The third-order valence-electron chi connectivity index (χ3n) is 3.13. The van der Waals surface area contributed by atoms with Crippen LogP contribution in [0.3, 0.4) is 0 Å². The van der Waals surface area contributed by atoms with Gasteiger partial charge >= 0.3 is 0 Å². The average molecular weight is 164 g/mol. The van der Waals surface area contributed by atoms with Crippen LogP contribution in [0.4, 0.5) is 0 Å². The van der Waals surface area contributed by atoms with E-state index in [9.17, 15) is 9.59 Å². The number of hydrogen-bond donors (Lipinski definition) is 0. The highest BCUT2D eigenvalue weighted by atomic mass is 16.1. The summed E-state index contributed by atoms with van der Waals surface area (Å²) >= 11 is 0. The molecule has 2 rings (SSSR count). The molecule has 0 saturated heterocycles. The van der Waals surface area contributed by atoms with Crippen LogP contribution in [0.25, 0.3) is 0 Å². The number of hydrogen-bond acceptors (Lipinski definition) is 2. The van der Waals surface area contributed by atoms with Crippen LogP contribution in [-0.2, 0) is 9.59 Å². The molecule has 2 saturated carbocycles. The zero-order chi connectivity index (χ0) is 8.72. The van der Waals surface area contributed by atoms with Crippen LogP contribution in [0.15, 0.2) is 12.7 Å². The lowest BCUT2D eigenvalue weighted by Crippen LogP contribution is -2.09. The highest BCUT2D eigenvalue weighted by molar-refractivity contribution is 5.94. The van der Waals surface area contributed by atoms with Crippen molar-refractivity contribution >= 4 is 11.6 Å². The molecule has 0 aromatic rings. The van der Waals surface area contributed by atoms with Crippen molar-refractivity contribution in [1.29, 1.82) is 0 Å². The van der Waals surface area contributed by atoms with Gasteiger partial charge in [0.1, 0.15) is 11.6 Å². The zero-order valence-corrected chi connectivity index (χ0v) is 6.95. The van der Waals surface area contributed by atoms with Crippen LogP contribution in [0.5, 0.6) is 0 Å². The minimum Gasteiger partial charge on any atom is -0.300 e. The van der Waals surface area contributed by atoms with Crippen molar-refractivity contribution in [1.82, 2.24) is 0 Å². The van der Waals surface area contributed by atoms with E-state index in [-0.39, 0.29) is 23.4 Å². The highest BCUT2D eigenvalue weighted by Gasteiger charge is 2.46. The number of carbonyl (C=O) groups is 2. The van der Waals surface area contributed by atoms with Crippen LogP contribution in [0.1, 0.15) is 19.3 Å². The lowest BCUT2D eigenvalue weighted by molar-refractivity contribution is -0.123. The van der Waals surface area contributed by atoms with E-state index in [1.54, 1.807) is 0 Å². The minimum absolute atomic E-state index is 0.0421. The Morgan fingerprint density at radius 2 is 2.00 bits per heavy atom. The molecule has 2 nitrogen and oxygen atoms in total. The average Bonchev–Trinajstić information content (AvgIpc) is 2.52. The highest BCUT2D eigenvalue weighted by Crippen LogP contribution is 2.44. The van der Waals surface area contributed by atoms with Crippen LogP contribution in [0.2, 0.25) is 0 Å². The molecule has 64 valence electrons. The summed E-state index contributed by atoms with van der Waals surface area (Å²) < 4.78 is 0. The third-order valence-corrected chi connectivity index (χ3v) is 3.13. The Labute approximate surface area is 71.6 Å². The molecule has 0 unspecified atom stereocenters. The molecule has 0 aromatic carbocycles. The topological polar surface area (TPSA) is 34.1 Å². The summed E-state index contributed by atoms with van der Waals surface area (Å²) in [5.74, 6) is 1.14. The molecule has 0 radical (unpaired) electrons. The Morgan fingerprint density at radius 3 is 2.67 bits per heavy atom. The van der Waals surface area contributed by atoms with Gasteiger partial charge in [0, 0.05) is 25.2 Å². The molecule has 2 fully saturated rings. The second kappa shape index (κ2) is 2.54. The minimum atomic E-state index is 0.0421. The van der Waals surface area contributed by atoms with Gasteiger partial charge in [0.15, 0.2) is 0 Å². The second-order valence-corrected chi connectivity index (χ2v) is 3.79. The zero-order valence-electron chi connectivity index (χ0n) is 6.95. The first-order chi connectivity index (χ1) is 5.72. The predicted octanol–water partition coefficient (Wildman–Crippen LogP) is 1.36. The van der Waals surface area contributed by atoms with Crippen LogP contribution in [-0.4, -0.2) is 11.6 Å². The van der Waals surface area contributed by atoms with Gasteiger partial charge in [-0.1, -0.05) is 6.08 Å². The molecule has 0 spiro atoms. The van der Waals surface area contributed by atoms with Crippen molar-refractivity contribution in [2.75, 3.05) is 0 Å². The van der Waals surface area contributed by atoms with E-state index in [1.807, 2.05) is 6.08 Å². The fourth-order valence-electron chi connectivity index (χ4n) is 2.48. The maximum atomic E-state index is 11.4. The number of fused-ring (bicyclic) bond motifs is 1. The molecule has 2 aliphatic carbocycles. The van der Waals surface area contributed by atoms with Crippen LogP contribution in [0, 0.1) is 17.8 Å². The molecular formula is C10H12O2. The summed E-state index contributed by atoms with van der Waals surface area (Å²) in [6, 6.07) is 0. The molecule has 3 atom stereocenters. The van der Waals surface area contributed by atoms with Crippen molar-refractivity contribution in [3.05, 3.63) is 12.7 Å². The first-order valence-electron chi connectivity index (χ1n) is 4.39. The standard InChI is InChI=1S/C10H12O2/c1-2-6-3-10(12)9-5-7(11)4-8(6)9/h2,6,8-9H,1,3-5H2/t6-,8+,9+/m0/s1. The van der Waals surface area contributed by atoms with Gasteiger partial charge in [-0.05, 0) is 11.8 Å². The summed E-state index contributed by atoms with van der Waals surface area (Å²) in [5.41, 5.74) is 0. The first-order valence-corrected chi connectivity index (χ1v) is 4.39. The lowest BCUT2D eigenvalue weighted by Gasteiger charge is -2.10. The summed E-state index contributed by atoms with van der Waals surface area (Å²) in [5, 5.41) is 0. The Kier molecular flexibility index (Phi) is 1.63. The maximum absolute atomic E-state index is 11.4. The molecular weight excluding hydrogens is 152 g/mol. The largest absolute Gasteiger partial charge is 0.300 e. The van der Waals surface area contributed by atoms with Gasteiger partial charge in [0.2, 0.25) is 0 Å². The van der Waals surface area contributed by atoms with Gasteiger partial charge in [-0.2, -0.15) is 0 Å². The number of carbonyl (C=O) groups excluding carboxylic acids is 2. The number of allylic oxidation sites excluding steroid dienone is 1. The lowest BCUT2D eigenvalue weighted by atomic mass is 9.92. The molecule has 12 heavy (non-hydrogen) atoms. The summed E-state index contributed by atoms with van der Waals surface area (Å²) in [4.78, 5) is 22.4. The quantitative estimate of drug-likeness (QED) is 0.548. The monoisotopic (exact) mass is 164 g/mol. The van der Waals surface area contributed by atoms with Gasteiger partial charge in [-0.3, -0.25) is 9.59 Å². The van der Waals surface area contributed by atoms with Gasteiger partial charge in [-0.15, -0.1) is 6.58 Å². The summed E-state index contributed by atoms with van der Waals surface area (Å²) in [7, 11) is 0. The SMILES string of the molecule is C=C[C@H]1CC(=O)[C@@H]2CC(=O)C[C@H]12. The van der Waals surface area contributed by atoms with Crippen molar-refractivity contribution in [3.8, 4) is 0 Å². The fraction of sp³-hybridized carbons (Fsp3) is 0.600. The molecule has 2 aliphatic rings. The third kappa shape index (κ3) is 0.942. The summed E-state index contributed by atoms with van der Waals surface area (Å²) in [6.45, 7) is 3.70. The number of rotatable bonds is 1. The maximum Gasteiger partial charge on any atom is 0.137 e. The first kappa shape index (κ1) is 7.71. The van der Waals surface area contributed by atoms with E-state index in [4.69, 9.17) is 0 Å². The van der Waals surface area contributed by atoms with Crippen LogP contribution >= 0.6 is 0 Å². The number of Topliss-reactive ketones (excluding diaryl/α,β-unsaturated/α-hetero) is 2. The van der Waals surface area contributed by atoms with E-state index < -0.39 is 0 Å². The van der Waals surface area contributed by atoms with Gasteiger partial charge in [0.25, 0.3) is 0 Å². The smallest absolute Gasteiger partial charge is 0.137 e. The van der Waals surface area contributed by atoms with Gasteiger partial charge < -0.3 is 0 Å². The summed E-state index contributed by atoms with van der Waals surface area (Å²) in [6.07, 6.45) is 3.55. The van der Waals surface area contributed by atoms with E-state index in [0.29, 0.717) is 25.2 Å². The van der Waals surface area contributed by atoms with E-state index in [1.165, 1.54) is 0 Å². The molecule has 0 amide bonds. The van der Waals surface area contributed by atoms with Crippen molar-refractivity contribution in [2.24, 2.45) is 17.8 Å². The second-order valence-electron chi connectivity index (χ2n) is 3.79. The normalized spacial score (nSPS) is 40.2. The molecule has 0 aromatic heterocycles. The number of ketones is 2. The molecule has 0 bridgehead atoms. The van der Waals surface area contributed by atoms with Crippen molar-refractivity contribution in [3.63, 3.8) is 0 Å². The fourth-order valence-corrected chi connectivity index (χ4v) is 2.48. The molecule has 0 aliphatic heterocycles. The molecule has 0 heterocycles. The van der Waals surface area contributed by atoms with E-state index in [0.717, 1.165) is 0 Å². The van der Waals surface area contributed by atoms with Crippen molar-refractivity contribution < 1.29 is 9.59 Å². The van der Waals surface area contributed by atoms with Gasteiger partial charge in [0.05, 0.1) is 0 Å². The Morgan fingerprint density at radius 1 is 1.25 bits per heavy atom. The van der Waals surface area contributed by atoms with Gasteiger partial charge in [-0.25, -0.2) is 0 Å².